The van der Waals surface area contributed by atoms with E-state index in [4.69, 9.17) is 113 Å². The van der Waals surface area contributed by atoms with Crippen molar-refractivity contribution in [3.05, 3.63) is 232 Å². The second-order valence-electron chi connectivity index (χ2n) is 26.4. The van der Waals surface area contributed by atoms with Gasteiger partial charge in [0, 0.05) is 166 Å². The zero-order valence-electron chi connectivity index (χ0n) is 61.9. The first kappa shape index (κ1) is 83.6. The largest absolute Gasteiger partial charge is 0.370 e. The molecule has 2 aliphatic carbocycles. The quantitative estimate of drug-likeness (QED) is 0.0171. The van der Waals surface area contributed by atoms with Crippen LogP contribution in [-0.2, 0) is 0 Å². The van der Waals surface area contributed by atoms with Gasteiger partial charge in [0.05, 0.1) is 43.6 Å². The number of nitrogens with zero attached hydrogens (tertiary/aromatic N) is 14. The summed E-state index contributed by atoms with van der Waals surface area (Å²) in [6, 6.07) is 42.5. The molecule has 14 rings (SSSR count). The summed E-state index contributed by atoms with van der Waals surface area (Å²) in [6.07, 6.45) is 20.0. The molecule has 8 heterocycles. The number of nitrogens with one attached hydrogen (secondary N) is 10. The normalized spacial score (nSPS) is 11.9. The van der Waals surface area contributed by atoms with Crippen LogP contribution >= 0.6 is 92.8 Å². The van der Waals surface area contributed by atoms with Crippen LogP contribution < -0.4 is 42.5 Å². The number of unbranched alkanes of at least 4 members (excludes halogenated alkanes) is 3. The van der Waals surface area contributed by atoms with Crippen molar-refractivity contribution in [2.75, 3.05) is 94.9 Å². The number of aromatic nitrogens is 14. The third-order valence-corrected chi connectivity index (χ3v) is 19.6. The number of halogens is 8. The number of hydrogen-bond donors (Lipinski definition) is 10. The molecule has 0 saturated heterocycles. The molecule has 0 aliphatic heterocycles. The predicted molar refractivity (Wildman–Crippen MR) is 459 cm³/mol. The van der Waals surface area contributed by atoms with Crippen molar-refractivity contribution in [1.29, 1.82) is 10.5 Å². The van der Waals surface area contributed by atoms with Crippen molar-refractivity contribution in [3.63, 3.8) is 0 Å². The lowest BCUT2D eigenvalue weighted by atomic mass is 10.2. The third kappa shape index (κ3) is 26.9. The average Bonchev–Trinajstić information content (AvgIpc) is 1.76. The highest BCUT2D eigenvalue weighted by molar-refractivity contribution is 6.38. The van der Waals surface area contributed by atoms with E-state index in [2.05, 4.69) is 121 Å². The summed E-state index contributed by atoms with van der Waals surface area (Å²) < 4.78 is 0. The molecule has 12 aromatic rings. The highest BCUT2D eigenvalue weighted by Gasteiger charge is 2.28. The summed E-state index contributed by atoms with van der Waals surface area (Å²) in [6.45, 7) is 10.4. The number of anilines is 8. The van der Waals surface area contributed by atoms with E-state index in [1.54, 1.807) is 85.6 Å². The molecule has 0 unspecified atom stereocenters. The Balaban J connectivity index is 0.000000149. The van der Waals surface area contributed by atoms with Gasteiger partial charge in [-0.3, -0.25) is 10.2 Å². The van der Waals surface area contributed by atoms with Crippen LogP contribution in [0.25, 0.3) is 45.6 Å². The molecule has 0 amide bonds. The summed E-state index contributed by atoms with van der Waals surface area (Å²) in [4.78, 5) is 45.3. The Kier molecular flexibility index (Phi) is 31.8. The van der Waals surface area contributed by atoms with Crippen LogP contribution in [0.1, 0.15) is 116 Å². The molecule has 32 heteroatoms. The molecule has 0 atom stereocenters. The van der Waals surface area contributed by atoms with Crippen LogP contribution in [0, 0.1) is 36.5 Å². The van der Waals surface area contributed by atoms with Gasteiger partial charge in [-0.1, -0.05) is 92.8 Å². The van der Waals surface area contributed by atoms with Gasteiger partial charge in [0.15, 0.2) is 23.3 Å². The van der Waals surface area contributed by atoms with E-state index in [1.165, 1.54) is 25.7 Å². The SMILES string of the molecule is Cc1cc(NCCCNc2ccn[nH]2)nc(-c2ccc(Cl)cc2Cl)n1.Cc1cnc(-c2ccc(Cl)cc2Cl)nc1NCCCCNc1ccc(C#N)cn1.Clc1ccc(-c2nc(NCCCCNc3ccn[nH]3)cc(C3CC3)n2)c(Cl)c1.N#Cc1ccc(NCCCCNc2cc(C3CC3)nc(-c3ccc(Cl)cc3Cl)n2)nc1. The Morgan fingerprint density at radius 1 is 0.354 bits per heavy atom. The third-order valence-electron chi connectivity index (χ3n) is 17.4. The summed E-state index contributed by atoms with van der Waals surface area (Å²) in [5, 5.41) is 62.3. The molecular formula is C81H82Cl8N24. The number of benzene rings is 4. The molecule has 0 spiro atoms. The molecule has 4 aromatic carbocycles. The van der Waals surface area contributed by atoms with Gasteiger partial charge >= 0.3 is 0 Å². The first-order chi connectivity index (χ1) is 55.0. The standard InChI is InChI=1S/C23H22Cl2N6.C21H20Cl2N6.C20H22Cl2N6.C17H18Cl2N6/c24-17-6-7-18(19(25)11-17)23-30-20(16-4-5-16)12-22(31-23)28-10-2-1-9-27-21-8-3-15(13-26)14-29-21;1-14-12-28-21(17-6-5-16(22)10-18(17)23)29-20(14)26-9-3-2-8-25-19-7-4-15(11-24)13-27-19;21-14-5-6-15(16(22)11-14)20-26-17(13-3-4-13)12-19(27-20)24-9-2-1-8-23-18-7-10-25-28-18;1-11-9-16(21-7-2-6-20-15-5-8-22-25-15)24-17(23-11)13-4-3-12(18)10-14(13)19/h3,6-8,11-12,14,16H,1-2,4-5,9-10H2,(H,27,29)(H,28,30,31);4-7,10,12-13H,2-3,8-9H2,1H3,(H,25,27)(H,26,28,29);5-7,10-13H,1-4,8-9H2,(H2,23,25,28)(H,24,26,27);3-5,8-10H,2,6-7H2,1H3,(H2,20,22,25)(H,21,23,24). The molecule has 10 N–H and O–H groups in total. The smallest absolute Gasteiger partial charge is 0.163 e. The maximum absolute atomic E-state index is 8.81. The molecule has 2 aliphatic rings. The number of hydrogen-bond acceptors (Lipinski definition) is 22. The summed E-state index contributed by atoms with van der Waals surface area (Å²) in [7, 11) is 0. The van der Waals surface area contributed by atoms with Crippen molar-refractivity contribution in [2.24, 2.45) is 0 Å². The molecule has 0 radical (unpaired) electrons. The molecular weight excluding hydrogens is 1590 g/mol. The number of rotatable bonds is 33. The number of aromatic amines is 2. The average molecular weight is 1680 g/mol. The van der Waals surface area contributed by atoms with E-state index < -0.39 is 0 Å². The predicted octanol–water partition coefficient (Wildman–Crippen LogP) is 21.0. The van der Waals surface area contributed by atoms with E-state index in [0.717, 1.165) is 189 Å². The molecule has 2 saturated carbocycles. The Morgan fingerprint density at radius 2 is 0.717 bits per heavy atom. The first-order valence-electron chi connectivity index (χ1n) is 36.9. The molecule has 0 bridgehead atoms. The second kappa shape index (κ2) is 43.0. The van der Waals surface area contributed by atoms with Crippen LogP contribution in [0.3, 0.4) is 0 Å². The molecule has 113 heavy (non-hydrogen) atoms. The van der Waals surface area contributed by atoms with Gasteiger partial charge in [0.25, 0.3) is 0 Å². The van der Waals surface area contributed by atoms with E-state index in [9.17, 15) is 0 Å². The number of aryl methyl sites for hydroxylation is 2. The second-order valence-corrected chi connectivity index (χ2v) is 29.8. The Labute approximate surface area is 696 Å². The van der Waals surface area contributed by atoms with Crippen molar-refractivity contribution < 1.29 is 0 Å². The van der Waals surface area contributed by atoms with Gasteiger partial charge in [0.1, 0.15) is 58.7 Å². The first-order valence-corrected chi connectivity index (χ1v) is 39.9. The lowest BCUT2D eigenvalue weighted by molar-refractivity contribution is 0.790. The number of H-pyrrole nitrogens is 2. The van der Waals surface area contributed by atoms with Crippen molar-refractivity contribution in [2.45, 2.75) is 96.3 Å². The minimum Gasteiger partial charge on any atom is -0.370 e. The lowest BCUT2D eigenvalue weighted by Crippen LogP contribution is -2.11. The summed E-state index contributed by atoms with van der Waals surface area (Å²) in [5.41, 5.74) is 8.20. The summed E-state index contributed by atoms with van der Waals surface area (Å²) in [5.74, 6) is 10.1. The van der Waals surface area contributed by atoms with Crippen LogP contribution in [0.4, 0.5) is 46.5 Å². The Hall–Kier alpha value is -10.4. The fraction of sp³-hybridized carbons (Fsp3) is 0.284. The molecule has 8 aromatic heterocycles. The van der Waals surface area contributed by atoms with Crippen molar-refractivity contribution >= 4 is 139 Å². The van der Waals surface area contributed by atoms with Gasteiger partial charge in [-0.15, -0.1) is 0 Å². The van der Waals surface area contributed by atoms with Gasteiger partial charge in [-0.25, -0.2) is 49.8 Å². The zero-order valence-corrected chi connectivity index (χ0v) is 67.9. The zero-order chi connectivity index (χ0) is 79.3. The van der Waals surface area contributed by atoms with Gasteiger partial charge in [-0.05, 0) is 194 Å². The minimum atomic E-state index is 0.512. The van der Waals surface area contributed by atoms with E-state index in [0.29, 0.717) is 86.4 Å². The Bertz CT molecular complexity index is 5140. The molecule has 2 fully saturated rings. The fourth-order valence-electron chi connectivity index (χ4n) is 11.2. The fourth-order valence-corrected chi connectivity index (χ4v) is 13.1. The van der Waals surface area contributed by atoms with Crippen molar-refractivity contribution in [3.8, 4) is 57.7 Å². The van der Waals surface area contributed by atoms with E-state index in [-0.39, 0.29) is 0 Å². The minimum absolute atomic E-state index is 0.512. The van der Waals surface area contributed by atoms with Crippen LogP contribution in [0.15, 0.2) is 158 Å². The van der Waals surface area contributed by atoms with Crippen LogP contribution in [0.2, 0.25) is 40.2 Å². The van der Waals surface area contributed by atoms with Crippen molar-refractivity contribution in [1.82, 2.24) is 70.2 Å². The van der Waals surface area contributed by atoms with Crippen LogP contribution in [0.5, 0.6) is 0 Å². The lowest BCUT2D eigenvalue weighted by Gasteiger charge is -2.11. The van der Waals surface area contributed by atoms with E-state index >= 15 is 0 Å². The summed E-state index contributed by atoms with van der Waals surface area (Å²) >= 11 is 49.3. The number of nitriles is 2. The highest BCUT2D eigenvalue weighted by Crippen LogP contribution is 2.43. The van der Waals surface area contributed by atoms with Gasteiger partial charge < -0.3 is 42.5 Å². The molecule has 582 valence electrons. The van der Waals surface area contributed by atoms with Gasteiger partial charge in [0.2, 0.25) is 0 Å². The van der Waals surface area contributed by atoms with E-state index in [1.807, 2.05) is 80.6 Å². The maximum Gasteiger partial charge on any atom is 0.163 e. The maximum atomic E-state index is 8.81. The number of pyridine rings is 2. The monoisotopic (exact) mass is 1670 g/mol. The Morgan fingerprint density at radius 3 is 1.09 bits per heavy atom. The molecule has 24 nitrogen and oxygen atoms in total. The van der Waals surface area contributed by atoms with Gasteiger partial charge in [-0.2, -0.15) is 20.7 Å². The van der Waals surface area contributed by atoms with Crippen LogP contribution in [-0.4, -0.2) is 123 Å². The highest BCUT2D eigenvalue weighted by atomic mass is 35.5. The topological polar surface area (TPSA) is 330 Å².